The molecule has 4 nitrogen and oxygen atoms in total. The average molecular weight is 392 g/mol. The van der Waals surface area contributed by atoms with Gasteiger partial charge in [0.2, 0.25) is 11.7 Å². The summed E-state index contributed by atoms with van der Waals surface area (Å²) in [6, 6.07) is 9.56. The molecule has 2 heterocycles. The number of ketones is 1. The number of carbonyl (C=O) groups excluding carboxylic acids is 2. The zero-order valence-electron chi connectivity index (χ0n) is 13.9. The first-order chi connectivity index (χ1) is 11.6. The van der Waals surface area contributed by atoms with Gasteiger partial charge in [0.1, 0.15) is 6.04 Å². The van der Waals surface area contributed by atoms with Gasteiger partial charge in [0.25, 0.3) is 0 Å². The Bertz CT molecular complexity index is 658. The van der Waals surface area contributed by atoms with Gasteiger partial charge in [0.05, 0.1) is 13.0 Å². The molecule has 2 bridgehead atoms. The highest BCUT2D eigenvalue weighted by atomic mass is 79.9. The van der Waals surface area contributed by atoms with Crippen LogP contribution in [0.15, 0.2) is 42.2 Å². The molecule has 0 radical (unpaired) electrons. The first-order valence-corrected chi connectivity index (χ1v) is 9.43. The molecule has 2 aliphatic heterocycles. The number of alkyl halides is 1. The van der Waals surface area contributed by atoms with Crippen molar-refractivity contribution in [1.82, 2.24) is 4.90 Å². The van der Waals surface area contributed by atoms with E-state index < -0.39 is 6.04 Å². The number of Topliss-reactive ketones (excluding diaryl/α,β-unsaturated/α-hetero) is 1. The predicted octanol–water partition coefficient (Wildman–Crippen LogP) is 3.13. The molecule has 3 aliphatic rings. The highest BCUT2D eigenvalue weighted by Gasteiger charge is 2.52. The molecule has 24 heavy (non-hydrogen) atoms. The van der Waals surface area contributed by atoms with Crippen LogP contribution in [-0.4, -0.2) is 41.6 Å². The van der Waals surface area contributed by atoms with Crippen LogP contribution in [0.1, 0.15) is 24.8 Å². The molecule has 1 saturated heterocycles. The van der Waals surface area contributed by atoms with E-state index in [4.69, 9.17) is 4.74 Å². The lowest BCUT2D eigenvalue weighted by Gasteiger charge is -2.45. The number of rotatable bonds is 5. The van der Waals surface area contributed by atoms with Gasteiger partial charge in [-0.25, -0.2) is 0 Å². The number of amides is 1. The number of fused-ring (bicyclic) bond motifs is 3. The standard InChI is InChI=1S/C19H22BrNO3/c1-12-14-11-15(24-2)18(22)17(21(19(14)23)10-6-9-20)16(12)13-7-4-3-5-8-13/h3-5,7-8,11-12,14,16-17H,6,9-10H2,1-2H3/t12-,14-,16-,17-/m0/s1. The number of halogens is 1. The van der Waals surface area contributed by atoms with Gasteiger partial charge in [-0.15, -0.1) is 0 Å². The first kappa shape index (κ1) is 17.2. The monoisotopic (exact) mass is 391 g/mol. The van der Waals surface area contributed by atoms with Gasteiger partial charge in [-0.2, -0.15) is 0 Å². The van der Waals surface area contributed by atoms with Crippen LogP contribution in [-0.2, 0) is 14.3 Å². The highest BCUT2D eigenvalue weighted by Crippen LogP contribution is 2.45. The fourth-order valence-corrected chi connectivity index (χ4v) is 4.24. The summed E-state index contributed by atoms with van der Waals surface area (Å²) in [7, 11) is 1.50. The molecule has 128 valence electrons. The first-order valence-electron chi connectivity index (χ1n) is 8.31. The van der Waals surface area contributed by atoms with E-state index in [-0.39, 0.29) is 29.4 Å². The third-order valence-corrected chi connectivity index (χ3v) is 5.72. The minimum atomic E-state index is -0.487. The van der Waals surface area contributed by atoms with E-state index in [1.165, 1.54) is 7.11 Å². The van der Waals surface area contributed by atoms with Crippen LogP contribution in [0.4, 0.5) is 0 Å². The molecule has 0 spiro atoms. The zero-order valence-corrected chi connectivity index (χ0v) is 15.5. The van der Waals surface area contributed by atoms with Gasteiger partial charge in [0.15, 0.2) is 5.76 Å². The summed E-state index contributed by atoms with van der Waals surface area (Å²) < 4.78 is 5.32. The van der Waals surface area contributed by atoms with E-state index in [1.807, 2.05) is 18.2 Å². The van der Waals surface area contributed by atoms with Crippen molar-refractivity contribution in [2.75, 3.05) is 19.0 Å². The number of benzene rings is 1. The summed E-state index contributed by atoms with van der Waals surface area (Å²) in [5.41, 5.74) is 1.11. The molecule has 0 saturated carbocycles. The molecule has 1 fully saturated rings. The molecule has 1 aromatic carbocycles. The number of nitrogens with zero attached hydrogens (tertiary/aromatic N) is 1. The summed E-state index contributed by atoms with van der Waals surface area (Å²) in [6.07, 6.45) is 2.56. The van der Waals surface area contributed by atoms with Gasteiger partial charge in [-0.3, -0.25) is 9.59 Å². The Labute approximate surface area is 151 Å². The maximum atomic E-state index is 13.1. The van der Waals surface area contributed by atoms with Crippen molar-refractivity contribution >= 4 is 27.6 Å². The Balaban J connectivity index is 2.09. The smallest absolute Gasteiger partial charge is 0.230 e. The van der Waals surface area contributed by atoms with Crippen molar-refractivity contribution in [3.05, 3.63) is 47.7 Å². The summed E-state index contributed by atoms with van der Waals surface area (Å²) >= 11 is 3.42. The maximum Gasteiger partial charge on any atom is 0.230 e. The van der Waals surface area contributed by atoms with Gasteiger partial charge in [0, 0.05) is 17.8 Å². The second kappa shape index (κ2) is 7.09. The van der Waals surface area contributed by atoms with Crippen molar-refractivity contribution in [3.63, 3.8) is 0 Å². The molecule has 1 amide bonds. The van der Waals surface area contributed by atoms with Crippen LogP contribution in [0.3, 0.4) is 0 Å². The lowest BCUT2D eigenvalue weighted by Crippen LogP contribution is -2.56. The third-order valence-electron chi connectivity index (χ3n) is 5.16. The molecular formula is C19H22BrNO3. The average Bonchev–Trinajstić information content (AvgIpc) is 2.77. The van der Waals surface area contributed by atoms with E-state index >= 15 is 0 Å². The number of piperidine rings is 1. The Morgan fingerprint density at radius 1 is 1.21 bits per heavy atom. The minimum Gasteiger partial charge on any atom is -0.493 e. The number of hydrogen-bond donors (Lipinski definition) is 0. The number of methoxy groups -OCH3 is 1. The number of ether oxygens (including phenoxy) is 1. The van der Waals surface area contributed by atoms with Crippen molar-refractivity contribution in [2.45, 2.75) is 25.3 Å². The van der Waals surface area contributed by atoms with Crippen molar-refractivity contribution in [1.29, 1.82) is 0 Å². The normalized spacial score (nSPS) is 29.5. The molecule has 1 aliphatic carbocycles. The Morgan fingerprint density at radius 3 is 2.54 bits per heavy atom. The topological polar surface area (TPSA) is 46.6 Å². The van der Waals surface area contributed by atoms with E-state index in [0.29, 0.717) is 12.3 Å². The van der Waals surface area contributed by atoms with Crippen LogP contribution in [0.5, 0.6) is 0 Å². The van der Waals surface area contributed by atoms with Crippen molar-refractivity contribution in [2.24, 2.45) is 11.8 Å². The summed E-state index contributed by atoms with van der Waals surface area (Å²) in [4.78, 5) is 27.8. The van der Waals surface area contributed by atoms with Gasteiger partial charge >= 0.3 is 0 Å². The lowest BCUT2D eigenvalue weighted by atomic mass is 9.71. The molecule has 0 N–H and O–H groups in total. The summed E-state index contributed by atoms with van der Waals surface area (Å²) in [5.74, 6) is 0.0117. The van der Waals surface area contributed by atoms with E-state index in [9.17, 15) is 9.59 Å². The largest absolute Gasteiger partial charge is 0.493 e. The molecule has 1 aromatic rings. The molecule has 4 atom stereocenters. The quantitative estimate of drug-likeness (QED) is 0.724. The second-order valence-electron chi connectivity index (χ2n) is 6.44. The van der Waals surface area contributed by atoms with E-state index in [1.54, 1.807) is 11.0 Å². The van der Waals surface area contributed by atoms with Gasteiger partial charge < -0.3 is 9.64 Å². The molecular weight excluding hydrogens is 370 g/mol. The SMILES string of the molecule is COC1=C[C@@H]2C(=O)N(CCCBr)[C@H](C1=O)[C@H](c1ccccc1)[C@H]2C. The number of carbonyl (C=O) groups is 2. The molecule has 0 unspecified atom stereocenters. The highest BCUT2D eigenvalue weighted by molar-refractivity contribution is 9.09. The Morgan fingerprint density at radius 2 is 1.92 bits per heavy atom. The third kappa shape index (κ3) is 2.79. The van der Waals surface area contributed by atoms with Crippen LogP contribution >= 0.6 is 15.9 Å². The predicted molar refractivity (Wildman–Crippen MR) is 95.8 cm³/mol. The molecule has 4 rings (SSSR count). The fraction of sp³-hybridized carbons (Fsp3) is 0.474. The second-order valence-corrected chi connectivity index (χ2v) is 7.23. The molecule has 0 aromatic heterocycles. The maximum absolute atomic E-state index is 13.1. The minimum absolute atomic E-state index is 0.0133. The van der Waals surface area contributed by atoms with Gasteiger partial charge in [-0.1, -0.05) is 53.2 Å². The van der Waals surface area contributed by atoms with Crippen LogP contribution in [0, 0.1) is 11.8 Å². The van der Waals surface area contributed by atoms with Crippen LogP contribution in [0.2, 0.25) is 0 Å². The zero-order chi connectivity index (χ0) is 17.3. The number of hydrogen-bond acceptors (Lipinski definition) is 3. The fourth-order valence-electron chi connectivity index (χ4n) is 3.99. The summed E-state index contributed by atoms with van der Waals surface area (Å²) in [5, 5.41) is 0.804. The van der Waals surface area contributed by atoms with Gasteiger partial charge in [-0.05, 0) is 24.0 Å². The van der Waals surface area contributed by atoms with E-state index in [0.717, 1.165) is 17.3 Å². The summed E-state index contributed by atoms with van der Waals surface area (Å²) in [6.45, 7) is 2.65. The molecule has 5 heteroatoms. The lowest BCUT2D eigenvalue weighted by molar-refractivity contribution is -0.147. The Kier molecular flexibility index (Phi) is 5.09. The van der Waals surface area contributed by atoms with Crippen molar-refractivity contribution < 1.29 is 14.3 Å². The van der Waals surface area contributed by atoms with Crippen LogP contribution < -0.4 is 0 Å². The van der Waals surface area contributed by atoms with Crippen LogP contribution in [0.25, 0.3) is 0 Å². The van der Waals surface area contributed by atoms with E-state index in [2.05, 4.69) is 35.0 Å². The van der Waals surface area contributed by atoms with Crippen molar-refractivity contribution in [3.8, 4) is 0 Å². The Hall–Kier alpha value is -1.62.